The van der Waals surface area contributed by atoms with Crippen molar-refractivity contribution in [3.05, 3.63) is 76.3 Å². The van der Waals surface area contributed by atoms with E-state index in [2.05, 4.69) is 20.9 Å². The summed E-state index contributed by atoms with van der Waals surface area (Å²) >= 11 is 0.974. The number of carbonyl (C=O) groups is 2. The number of anilines is 2. The Morgan fingerprint density at radius 1 is 0.882 bits per heavy atom. The van der Waals surface area contributed by atoms with Gasteiger partial charge in [0.15, 0.2) is 5.13 Å². The van der Waals surface area contributed by atoms with Crippen molar-refractivity contribution in [3.8, 4) is 0 Å². The van der Waals surface area contributed by atoms with Gasteiger partial charge in [-0.15, -0.1) is 11.3 Å². The molecule has 3 N–H and O–H groups in total. The van der Waals surface area contributed by atoms with Gasteiger partial charge in [-0.1, -0.05) is 18.2 Å². The monoisotopic (exact) mass is 502 g/mol. The zero-order valence-electron chi connectivity index (χ0n) is 17.1. The van der Waals surface area contributed by atoms with Gasteiger partial charge in [-0.25, -0.2) is 4.98 Å². The van der Waals surface area contributed by atoms with Crippen molar-refractivity contribution >= 4 is 34.0 Å². The second-order valence-electron chi connectivity index (χ2n) is 6.90. The molecule has 0 aliphatic rings. The number of hydrogen-bond donors (Lipinski definition) is 3. The first-order chi connectivity index (χ1) is 15.9. The van der Waals surface area contributed by atoms with Crippen molar-refractivity contribution in [1.82, 2.24) is 15.6 Å². The second kappa shape index (κ2) is 10.1. The molecular weight excluding hydrogens is 486 g/mol. The molecular formula is C21H16F6N4O2S. The molecule has 6 nitrogen and oxygen atoms in total. The summed E-state index contributed by atoms with van der Waals surface area (Å²) in [5, 5.41) is 8.91. The summed E-state index contributed by atoms with van der Waals surface area (Å²) in [6.45, 7) is -0.619. The van der Waals surface area contributed by atoms with E-state index in [1.54, 1.807) is 0 Å². The highest BCUT2D eigenvalue weighted by Gasteiger charge is 2.31. The van der Waals surface area contributed by atoms with Gasteiger partial charge in [0.25, 0.3) is 5.91 Å². The van der Waals surface area contributed by atoms with Crippen LogP contribution >= 0.6 is 11.3 Å². The number of nitrogens with zero attached hydrogens (tertiary/aromatic N) is 1. The fourth-order valence-corrected chi connectivity index (χ4v) is 3.41. The van der Waals surface area contributed by atoms with Crippen molar-refractivity contribution in [3.63, 3.8) is 0 Å². The molecule has 0 saturated carbocycles. The Kier molecular flexibility index (Phi) is 7.44. The minimum atomic E-state index is -4.51. The number of rotatable bonds is 7. The molecule has 0 unspecified atom stereocenters. The molecule has 2 amide bonds. The van der Waals surface area contributed by atoms with Crippen molar-refractivity contribution < 1.29 is 35.9 Å². The van der Waals surface area contributed by atoms with E-state index in [-0.39, 0.29) is 28.6 Å². The first-order valence-electron chi connectivity index (χ1n) is 9.52. The van der Waals surface area contributed by atoms with E-state index in [0.717, 1.165) is 35.6 Å². The minimum Gasteiger partial charge on any atom is -0.350 e. The SMILES string of the molecule is O=C(CNC(=O)c1csc(Nc2cccc(C(F)(F)F)c2)n1)NCc1cccc(C(F)(F)F)c1. The molecule has 3 aromatic rings. The van der Waals surface area contributed by atoms with Crippen molar-refractivity contribution in [2.75, 3.05) is 11.9 Å². The predicted molar refractivity (Wildman–Crippen MR) is 112 cm³/mol. The Bertz CT molecular complexity index is 1180. The third-order valence-corrected chi connectivity index (χ3v) is 5.09. The second-order valence-corrected chi connectivity index (χ2v) is 7.76. The van der Waals surface area contributed by atoms with Crippen molar-refractivity contribution in [1.29, 1.82) is 0 Å². The fraction of sp³-hybridized carbons (Fsp3) is 0.190. The number of amides is 2. The third-order valence-electron chi connectivity index (χ3n) is 4.33. The Balaban J connectivity index is 1.50. The van der Waals surface area contributed by atoms with Crippen LogP contribution in [-0.2, 0) is 23.7 Å². The number of nitrogens with one attached hydrogen (secondary N) is 3. The number of thiazole rings is 1. The highest BCUT2D eigenvalue weighted by molar-refractivity contribution is 7.14. The molecule has 0 aliphatic heterocycles. The number of aromatic nitrogens is 1. The van der Waals surface area contributed by atoms with Gasteiger partial charge in [0.1, 0.15) is 5.69 Å². The molecule has 3 rings (SSSR count). The topological polar surface area (TPSA) is 83.1 Å². The van der Waals surface area contributed by atoms with Gasteiger partial charge in [-0.2, -0.15) is 26.3 Å². The summed E-state index contributed by atoms with van der Waals surface area (Å²) in [4.78, 5) is 28.1. The zero-order chi connectivity index (χ0) is 24.9. The lowest BCUT2D eigenvalue weighted by atomic mass is 10.1. The third kappa shape index (κ3) is 6.94. The fourth-order valence-electron chi connectivity index (χ4n) is 2.70. The summed E-state index contributed by atoms with van der Waals surface area (Å²) in [6, 6.07) is 8.92. The van der Waals surface area contributed by atoms with Gasteiger partial charge in [0.2, 0.25) is 5.91 Å². The number of benzene rings is 2. The average molecular weight is 502 g/mol. The molecule has 0 radical (unpaired) electrons. The van der Waals surface area contributed by atoms with Crippen LogP contribution in [0.5, 0.6) is 0 Å². The maximum absolute atomic E-state index is 12.8. The zero-order valence-corrected chi connectivity index (χ0v) is 17.9. The molecule has 2 aromatic carbocycles. The van der Waals surface area contributed by atoms with Crippen LogP contribution in [-0.4, -0.2) is 23.3 Å². The van der Waals surface area contributed by atoms with Gasteiger partial charge < -0.3 is 16.0 Å². The van der Waals surface area contributed by atoms with E-state index >= 15 is 0 Å². The standard InChI is InChI=1S/C21H16F6N4O2S/c22-20(23,24)13-4-1-3-12(7-13)9-28-17(32)10-29-18(33)16-11-34-19(31-16)30-15-6-2-5-14(8-15)21(25,26)27/h1-8,11H,9-10H2,(H,28,32)(H,29,33)(H,30,31). The number of carbonyl (C=O) groups excluding carboxylic acids is 2. The van der Waals surface area contributed by atoms with E-state index in [1.165, 1.54) is 29.6 Å². The Morgan fingerprint density at radius 2 is 1.53 bits per heavy atom. The maximum atomic E-state index is 12.8. The minimum absolute atomic E-state index is 0.0647. The van der Waals surface area contributed by atoms with Crippen LogP contribution in [0.15, 0.2) is 53.9 Å². The van der Waals surface area contributed by atoms with Gasteiger partial charge in [0, 0.05) is 17.6 Å². The Labute approximate surface area is 193 Å². The first kappa shape index (κ1) is 25.0. The van der Waals surface area contributed by atoms with Crippen LogP contribution in [0.25, 0.3) is 0 Å². The highest BCUT2D eigenvalue weighted by atomic mass is 32.1. The lowest BCUT2D eigenvalue weighted by Crippen LogP contribution is -2.36. The van der Waals surface area contributed by atoms with Crippen molar-refractivity contribution in [2.45, 2.75) is 18.9 Å². The van der Waals surface area contributed by atoms with Crippen LogP contribution in [0.1, 0.15) is 27.2 Å². The highest BCUT2D eigenvalue weighted by Crippen LogP contribution is 2.32. The van der Waals surface area contributed by atoms with E-state index < -0.39 is 41.8 Å². The van der Waals surface area contributed by atoms with Crippen LogP contribution < -0.4 is 16.0 Å². The van der Waals surface area contributed by atoms with Crippen LogP contribution in [0.2, 0.25) is 0 Å². The molecule has 0 bridgehead atoms. The van der Waals surface area contributed by atoms with Crippen LogP contribution in [0.3, 0.4) is 0 Å². The average Bonchev–Trinajstić information content (AvgIpc) is 3.24. The van der Waals surface area contributed by atoms with E-state index in [9.17, 15) is 35.9 Å². The van der Waals surface area contributed by atoms with E-state index in [0.29, 0.717) is 0 Å². The normalized spacial score (nSPS) is 11.7. The number of halogens is 6. The van der Waals surface area contributed by atoms with E-state index in [1.807, 2.05) is 0 Å². The molecule has 1 heterocycles. The summed E-state index contributed by atoms with van der Waals surface area (Å²) in [6.07, 6.45) is -9.01. The molecule has 34 heavy (non-hydrogen) atoms. The summed E-state index contributed by atoms with van der Waals surface area (Å²) in [7, 11) is 0. The Morgan fingerprint density at radius 3 is 2.21 bits per heavy atom. The van der Waals surface area contributed by atoms with Gasteiger partial charge in [-0.05, 0) is 35.9 Å². The first-order valence-corrected chi connectivity index (χ1v) is 10.4. The van der Waals surface area contributed by atoms with Crippen LogP contribution in [0, 0.1) is 0 Å². The molecule has 1 aromatic heterocycles. The number of hydrogen-bond acceptors (Lipinski definition) is 5. The van der Waals surface area contributed by atoms with Crippen LogP contribution in [0.4, 0.5) is 37.2 Å². The summed E-state index contributed by atoms with van der Waals surface area (Å²) in [5.74, 6) is -1.34. The van der Waals surface area contributed by atoms with E-state index in [4.69, 9.17) is 0 Å². The lowest BCUT2D eigenvalue weighted by molar-refractivity contribution is -0.138. The predicted octanol–water partition coefficient (Wildman–Crippen LogP) is 4.97. The maximum Gasteiger partial charge on any atom is 0.416 e. The summed E-state index contributed by atoms with van der Waals surface area (Å²) < 4.78 is 76.6. The molecule has 13 heteroatoms. The Hall–Kier alpha value is -3.61. The summed E-state index contributed by atoms with van der Waals surface area (Å²) in [5.41, 5.74) is -1.39. The van der Waals surface area contributed by atoms with Crippen molar-refractivity contribution in [2.24, 2.45) is 0 Å². The molecule has 0 aliphatic carbocycles. The molecule has 0 atom stereocenters. The van der Waals surface area contributed by atoms with Gasteiger partial charge in [0.05, 0.1) is 17.7 Å². The smallest absolute Gasteiger partial charge is 0.350 e. The molecule has 0 spiro atoms. The molecule has 0 fully saturated rings. The van der Waals surface area contributed by atoms with Gasteiger partial charge in [-0.3, -0.25) is 9.59 Å². The molecule has 0 saturated heterocycles. The number of alkyl halides is 6. The van der Waals surface area contributed by atoms with Gasteiger partial charge >= 0.3 is 12.4 Å². The largest absolute Gasteiger partial charge is 0.416 e. The lowest BCUT2D eigenvalue weighted by Gasteiger charge is -2.10. The molecule has 180 valence electrons. The quantitative estimate of drug-likeness (QED) is 0.399.